The predicted octanol–water partition coefficient (Wildman–Crippen LogP) is -0.865. The first-order valence-electron chi connectivity index (χ1n) is 0.204. The van der Waals surface area contributed by atoms with Gasteiger partial charge in [-0.05, 0) is 0 Å². The van der Waals surface area contributed by atoms with Crippen LogP contribution in [0.4, 0.5) is 0 Å². The van der Waals surface area contributed by atoms with E-state index in [2.05, 4.69) is 0 Å². The maximum Gasteiger partial charge on any atom is 2.00 e. The smallest absolute Gasteiger partial charge is 1.00 e. The minimum atomic E-state index is 0. The molecule has 22 valence electrons. The Labute approximate surface area is 44.7 Å². The Kier molecular flexibility index (Phi) is 248. The Balaban J connectivity index is -0.000000000833. The zero-order valence-electron chi connectivity index (χ0n) is 3.62. The molecule has 0 amide bonds. The van der Waals surface area contributed by atoms with Gasteiger partial charge in [-0.25, -0.2) is 0 Å². The Morgan fingerprint density at radius 3 is 1.50 bits per heavy atom. The van der Waals surface area contributed by atoms with Gasteiger partial charge >= 0.3 is 10.1 Å². The maximum atomic E-state index is 8.06. The standard InChI is InChI=1S/Al.Be.HOP.5H/c;;1-2;;;;;/h;;2H;;;;;/q;+2;;;;;2*-1. The SMILES string of the molecule is O=P.[AlH3].[Be+2].[H-].[H-]. The van der Waals surface area contributed by atoms with Gasteiger partial charge in [0.05, 0.1) is 0 Å². The van der Waals surface area contributed by atoms with Crippen molar-refractivity contribution in [3.05, 3.63) is 0 Å². The third-order valence-corrected chi connectivity index (χ3v) is 0. The van der Waals surface area contributed by atoms with Crippen molar-refractivity contribution in [2.24, 2.45) is 0 Å². The van der Waals surface area contributed by atoms with Crippen LogP contribution >= 0.6 is 9.12 Å². The first-order valence-corrected chi connectivity index (χ1v) is 0.612. The van der Waals surface area contributed by atoms with Crippen molar-refractivity contribution in [3.8, 4) is 0 Å². The molecule has 0 saturated heterocycles. The Morgan fingerprint density at radius 2 is 1.50 bits per heavy atom. The summed E-state index contributed by atoms with van der Waals surface area (Å²) in [6.45, 7) is 0. The van der Waals surface area contributed by atoms with E-state index in [1.165, 1.54) is 0 Å². The van der Waals surface area contributed by atoms with Crippen LogP contribution in [0.15, 0.2) is 0 Å². The number of hydrogen-bond acceptors (Lipinski definition) is 1. The van der Waals surface area contributed by atoms with E-state index in [4.69, 9.17) is 4.57 Å². The summed E-state index contributed by atoms with van der Waals surface area (Å²) in [5.41, 5.74) is 0. The van der Waals surface area contributed by atoms with Gasteiger partial charge in [-0.15, -0.1) is 0 Å². The summed E-state index contributed by atoms with van der Waals surface area (Å²) in [6.07, 6.45) is 0. The van der Waals surface area contributed by atoms with Gasteiger partial charge in [0.1, 0.15) is 9.12 Å². The van der Waals surface area contributed by atoms with Crippen LogP contribution in [0.1, 0.15) is 2.85 Å². The summed E-state index contributed by atoms with van der Waals surface area (Å²) < 4.78 is 8.06. The van der Waals surface area contributed by atoms with Crippen molar-refractivity contribution in [2.75, 3.05) is 0 Å². The fraction of sp³-hybridized carbons (Fsp3) is 0. The Morgan fingerprint density at radius 1 is 1.50 bits per heavy atom. The van der Waals surface area contributed by atoms with Crippen LogP contribution in [0.5, 0.6) is 0 Å². The van der Waals surface area contributed by atoms with Crippen molar-refractivity contribution >= 4 is 36.6 Å². The largest absolute Gasteiger partial charge is 2.00 e. The molecule has 0 spiro atoms. The summed E-state index contributed by atoms with van der Waals surface area (Å²) in [5.74, 6) is 0. The van der Waals surface area contributed by atoms with Crippen LogP contribution in [0, 0.1) is 0 Å². The van der Waals surface area contributed by atoms with Gasteiger partial charge in [0, 0.05) is 0 Å². The average molecular weight is 89.0 g/mol. The van der Waals surface area contributed by atoms with Gasteiger partial charge in [0.15, 0.2) is 17.4 Å². The molecule has 0 aromatic rings. The fourth-order valence-corrected chi connectivity index (χ4v) is 0. The summed E-state index contributed by atoms with van der Waals surface area (Å²) in [5, 5.41) is 0. The molecule has 1 nitrogen and oxygen atoms in total. The summed E-state index contributed by atoms with van der Waals surface area (Å²) in [6, 6.07) is 0. The first kappa shape index (κ1) is 21.4. The molecule has 0 saturated carbocycles. The molecule has 0 aliphatic carbocycles. The van der Waals surface area contributed by atoms with Crippen molar-refractivity contribution in [3.63, 3.8) is 0 Å². The zero-order chi connectivity index (χ0) is 2.00. The molecule has 0 aliphatic heterocycles. The molecule has 4 heteroatoms. The van der Waals surface area contributed by atoms with Gasteiger partial charge in [-0.1, -0.05) is 0 Å². The van der Waals surface area contributed by atoms with Crippen molar-refractivity contribution in [1.29, 1.82) is 0 Å². The maximum absolute atomic E-state index is 8.06. The van der Waals surface area contributed by atoms with Crippen molar-refractivity contribution in [2.45, 2.75) is 0 Å². The fourth-order valence-electron chi connectivity index (χ4n) is 0. The third kappa shape index (κ3) is 14.2. The van der Waals surface area contributed by atoms with Crippen LogP contribution in [-0.2, 0) is 4.57 Å². The molecule has 4 heavy (non-hydrogen) atoms. The topological polar surface area (TPSA) is 17.1 Å². The van der Waals surface area contributed by atoms with Gasteiger partial charge in [0.2, 0.25) is 0 Å². The predicted molar refractivity (Wildman–Crippen MR) is 26.9 cm³/mol. The molecule has 0 radical (unpaired) electrons. The first-order chi connectivity index (χ1) is 1.00. The molecule has 0 bridgehead atoms. The Hall–Kier alpha value is 0.801. The molecule has 0 fully saturated rings. The van der Waals surface area contributed by atoms with Crippen LogP contribution in [0.25, 0.3) is 0 Å². The number of rotatable bonds is 0. The van der Waals surface area contributed by atoms with E-state index in [1.54, 1.807) is 9.12 Å². The second kappa shape index (κ2) is 46.5. The molecular weight excluding hydrogens is 83.0 g/mol. The normalized spacial score (nSPS) is 1.00. The molecule has 0 rings (SSSR count). The van der Waals surface area contributed by atoms with Crippen molar-refractivity contribution < 1.29 is 7.42 Å². The van der Waals surface area contributed by atoms with Crippen molar-refractivity contribution in [1.82, 2.24) is 0 Å². The monoisotopic (exact) mass is 89.0 g/mol. The summed E-state index contributed by atoms with van der Waals surface area (Å²) in [7, 11) is 1.72. The second-order valence-electron chi connectivity index (χ2n) is 0. The molecule has 0 atom stereocenters. The number of hydrogen-bond donors (Lipinski definition) is 0. The molecular formula is H6AlBeOP. The van der Waals surface area contributed by atoms with Gasteiger partial charge in [-0.2, -0.15) is 0 Å². The van der Waals surface area contributed by atoms with Gasteiger partial charge in [0.25, 0.3) is 0 Å². The average Bonchev–Trinajstić information content (AvgIpc) is 1.00. The second-order valence-corrected chi connectivity index (χ2v) is 0. The third-order valence-electron chi connectivity index (χ3n) is 0. The van der Waals surface area contributed by atoms with E-state index in [9.17, 15) is 0 Å². The van der Waals surface area contributed by atoms with Crippen LogP contribution in [-0.4, -0.2) is 27.5 Å². The molecule has 0 aromatic carbocycles. The van der Waals surface area contributed by atoms with Gasteiger partial charge < -0.3 is 2.85 Å². The quantitative estimate of drug-likeness (QED) is 0.278. The van der Waals surface area contributed by atoms with E-state index in [-0.39, 0.29) is 30.3 Å². The van der Waals surface area contributed by atoms with Crippen LogP contribution in [0.3, 0.4) is 0 Å². The van der Waals surface area contributed by atoms with Gasteiger partial charge in [-0.3, -0.25) is 4.57 Å². The van der Waals surface area contributed by atoms with E-state index in [0.717, 1.165) is 0 Å². The molecule has 0 N–H and O–H groups in total. The summed E-state index contributed by atoms with van der Waals surface area (Å²) >= 11 is 0. The molecule has 0 aliphatic rings. The van der Waals surface area contributed by atoms with E-state index < -0.39 is 0 Å². The van der Waals surface area contributed by atoms with E-state index in [1.807, 2.05) is 0 Å². The molecule has 0 unspecified atom stereocenters. The summed E-state index contributed by atoms with van der Waals surface area (Å²) in [4.78, 5) is 0. The van der Waals surface area contributed by atoms with Crippen LogP contribution in [0.2, 0.25) is 0 Å². The van der Waals surface area contributed by atoms with E-state index in [0.29, 0.717) is 0 Å². The zero-order valence-corrected chi connectivity index (χ0v) is 2.62. The van der Waals surface area contributed by atoms with E-state index >= 15 is 0 Å². The molecule has 0 aromatic heterocycles. The molecule has 0 heterocycles. The minimum absolute atomic E-state index is 0. The van der Waals surface area contributed by atoms with Crippen LogP contribution < -0.4 is 0 Å². The Bertz CT molecular complexity index is 13.5. The minimum Gasteiger partial charge on any atom is -1.00 e.